The molecule has 0 bridgehead atoms. The lowest BCUT2D eigenvalue weighted by molar-refractivity contribution is 0.0631. The van der Waals surface area contributed by atoms with Crippen molar-refractivity contribution in [1.29, 1.82) is 0 Å². The van der Waals surface area contributed by atoms with Crippen molar-refractivity contribution < 1.29 is 18.8 Å². The Bertz CT molecular complexity index is 1340. The Hall–Kier alpha value is -4.46. The van der Waals surface area contributed by atoms with Crippen LogP contribution < -0.4 is 0 Å². The number of hydrogen-bond acceptors (Lipinski definition) is 5. The number of aromatic nitrogens is 2. The van der Waals surface area contributed by atoms with Crippen LogP contribution in [0.3, 0.4) is 0 Å². The lowest BCUT2D eigenvalue weighted by Gasteiger charge is -2.16. The molecule has 8 heteroatoms. The van der Waals surface area contributed by atoms with Crippen LogP contribution in [0.4, 0.5) is 0 Å². The van der Waals surface area contributed by atoms with Gasteiger partial charge in [0.2, 0.25) is 0 Å². The van der Waals surface area contributed by atoms with Crippen LogP contribution >= 0.6 is 0 Å². The molecule has 0 N–H and O–H groups in total. The third-order valence-corrected chi connectivity index (χ3v) is 5.53. The number of benzene rings is 2. The Morgan fingerprint density at radius 1 is 1.00 bits per heavy atom. The molecular formula is C25H20N4O4. The van der Waals surface area contributed by atoms with Gasteiger partial charge in [-0.25, -0.2) is 4.68 Å². The maximum atomic E-state index is 13.0. The Balaban J connectivity index is 1.31. The first kappa shape index (κ1) is 20.4. The summed E-state index contributed by atoms with van der Waals surface area (Å²) in [5.41, 5.74) is 2.65. The molecule has 2 aromatic heterocycles. The minimum atomic E-state index is -0.437. The van der Waals surface area contributed by atoms with Gasteiger partial charge in [0.05, 0.1) is 35.8 Å². The van der Waals surface area contributed by atoms with Crippen LogP contribution in [0.2, 0.25) is 0 Å². The zero-order valence-electron chi connectivity index (χ0n) is 17.8. The van der Waals surface area contributed by atoms with Gasteiger partial charge in [-0.05, 0) is 42.5 Å². The van der Waals surface area contributed by atoms with Gasteiger partial charge in [0, 0.05) is 30.9 Å². The smallest absolute Gasteiger partial charge is 0.261 e. The third kappa shape index (κ3) is 3.82. The molecule has 2 aromatic carbocycles. The van der Waals surface area contributed by atoms with Crippen molar-refractivity contribution in [2.45, 2.75) is 13.1 Å². The highest BCUT2D eigenvalue weighted by atomic mass is 16.3. The molecule has 8 nitrogen and oxygen atoms in total. The maximum Gasteiger partial charge on any atom is 0.261 e. The fourth-order valence-electron chi connectivity index (χ4n) is 3.86. The van der Waals surface area contributed by atoms with E-state index in [1.54, 1.807) is 41.0 Å². The number of imide groups is 1. The average Bonchev–Trinajstić information content (AvgIpc) is 3.57. The number of rotatable bonds is 6. The summed E-state index contributed by atoms with van der Waals surface area (Å²) in [7, 11) is 1.69. The van der Waals surface area contributed by atoms with Gasteiger partial charge in [-0.3, -0.25) is 19.3 Å². The van der Waals surface area contributed by atoms with Crippen molar-refractivity contribution in [3.05, 3.63) is 107 Å². The molecule has 0 radical (unpaired) electrons. The number of carbonyl (C=O) groups is 3. The molecule has 0 spiro atoms. The predicted molar refractivity (Wildman–Crippen MR) is 119 cm³/mol. The number of amides is 3. The Morgan fingerprint density at radius 3 is 2.55 bits per heavy atom. The zero-order chi connectivity index (χ0) is 22.9. The van der Waals surface area contributed by atoms with Crippen LogP contribution in [-0.2, 0) is 13.1 Å². The van der Waals surface area contributed by atoms with Crippen molar-refractivity contribution in [2.75, 3.05) is 7.05 Å². The molecule has 0 saturated carbocycles. The summed E-state index contributed by atoms with van der Waals surface area (Å²) in [5.74, 6) is -0.577. The van der Waals surface area contributed by atoms with Crippen LogP contribution in [-0.4, -0.2) is 44.3 Å². The first-order valence-corrected chi connectivity index (χ1v) is 10.4. The number of fused-ring (bicyclic) bond motifs is 1. The third-order valence-electron chi connectivity index (χ3n) is 5.53. The molecule has 3 amide bonds. The predicted octanol–water partition coefficient (Wildman–Crippen LogP) is 3.53. The molecule has 4 aromatic rings. The minimum Gasteiger partial charge on any atom is -0.467 e. The van der Waals surface area contributed by atoms with Crippen molar-refractivity contribution in [3.63, 3.8) is 0 Å². The van der Waals surface area contributed by atoms with E-state index in [1.807, 2.05) is 36.5 Å². The highest BCUT2D eigenvalue weighted by Crippen LogP contribution is 2.26. The SMILES string of the molecule is CN(Cc1cnn(-c2ccccc2)c1)C(=O)c1ccc2c(c1)C(=O)N(Cc1ccco1)C2=O. The molecule has 0 aliphatic carbocycles. The van der Waals surface area contributed by atoms with Crippen LogP contribution in [0.25, 0.3) is 5.69 Å². The fourth-order valence-corrected chi connectivity index (χ4v) is 3.86. The first-order valence-electron chi connectivity index (χ1n) is 10.4. The van der Waals surface area contributed by atoms with Gasteiger partial charge in [-0.2, -0.15) is 5.10 Å². The van der Waals surface area contributed by atoms with E-state index in [2.05, 4.69) is 5.10 Å². The summed E-state index contributed by atoms with van der Waals surface area (Å²) in [5, 5.41) is 4.36. The second-order valence-electron chi connectivity index (χ2n) is 7.83. The highest BCUT2D eigenvalue weighted by Gasteiger charge is 2.36. The number of furan rings is 1. The molecule has 1 aliphatic rings. The van der Waals surface area contributed by atoms with Crippen LogP contribution in [0.5, 0.6) is 0 Å². The molecule has 5 rings (SSSR count). The summed E-state index contributed by atoms with van der Waals surface area (Å²) >= 11 is 0. The fraction of sp³-hybridized carbons (Fsp3) is 0.120. The largest absolute Gasteiger partial charge is 0.467 e. The van der Waals surface area contributed by atoms with Crippen molar-refractivity contribution in [1.82, 2.24) is 19.6 Å². The van der Waals surface area contributed by atoms with E-state index in [1.165, 1.54) is 18.4 Å². The lowest BCUT2D eigenvalue weighted by atomic mass is 10.0. The van der Waals surface area contributed by atoms with Crippen molar-refractivity contribution in [3.8, 4) is 5.69 Å². The van der Waals surface area contributed by atoms with Crippen LogP contribution in [0.15, 0.2) is 83.7 Å². The summed E-state index contributed by atoms with van der Waals surface area (Å²) in [6.07, 6.45) is 5.08. The van der Waals surface area contributed by atoms with E-state index in [9.17, 15) is 14.4 Å². The van der Waals surface area contributed by atoms with E-state index < -0.39 is 11.8 Å². The number of nitrogens with zero attached hydrogens (tertiary/aromatic N) is 4. The van der Waals surface area contributed by atoms with Gasteiger partial charge in [0.15, 0.2) is 0 Å². The molecule has 0 atom stereocenters. The first-order chi connectivity index (χ1) is 16.0. The number of carbonyl (C=O) groups excluding carboxylic acids is 3. The van der Waals surface area contributed by atoms with Crippen molar-refractivity contribution >= 4 is 17.7 Å². The second-order valence-corrected chi connectivity index (χ2v) is 7.83. The molecule has 0 saturated heterocycles. The molecule has 0 unspecified atom stereocenters. The van der Waals surface area contributed by atoms with E-state index in [0.717, 1.165) is 16.2 Å². The van der Waals surface area contributed by atoms with E-state index in [-0.39, 0.29) is 23.6 Å². The Kier molecular flexibility index (Phi) is 5.10. The van der Waals surface area contributed by atoms with Gasteiger partial charge >= 0.3 is 0 Å². The van der Waals surface area contributed by atoms with Gasteiger partial charge < -0.3 is 9.32 Å². The van der Waals surface area contributed by atoms with E-state index in [0.29, 0.717) is 17.9 Å². The molecule has 0 fully saturated rings. The highest BCUT2D eigenvalue weighted by molar-refractivity contribution is 6.22. The average molecular weight is 440 g/mol. The molecule has 3 heterocycles. The molecular weight excluding hydrogens is 420 g/mol. The van der Waals surface area contributed by atoms with Crippen LogP contribution in [0, 0.1) is 0 Å². The molecule has 33 heavy (non-hydrogen) atoms. The van der Waals surface area contributed by atoms with E-state index >= 15 is 0 Å². The molecule has 1 aliphatic heterocycles. The topological polar surface area (TPSA) is 88.7 Å². The monoisotopic (exact) mass is 440 g/mol. The Labute approximate surface area is 189 Å². The summed E-state index contributed by atoms with van der Waals surface area (Å²) < 4.78 is 7.01. The zero-order valence-corrected chi connectivity index (χ0v) is 17.8. The van der Waals surface area contributed by atoms with Crippen LogP contribution in [0.1, 0.15) is 42.4 Å². The normalized spacial score (nSPS) is 12.8. The second kappa shape index (κ2) is 8.23. The number of para-hydroxylation sites is 1. The van der Waals surface area contributed by atoms with Crippen molar-refractivity contribution in [2.24, 2.45) is 0 Å². The Morgan fingerprint density at radius 2 is 1.79 bits per heavy atom. The summed E-state index contributed by atoms with van der Waals surface area (Å²) in [6, 6.07) is 17.7. The van der Waals surface area contributed by atoms with Gasteiger partial charge in [0.1, 0.15) is 5.76 Å². The maximum absolute atomic E-state index is 13.0. The number of hydrogen-bond donors (Lipinski definition) is 0. The van der Waals surface area contributed by atoms with Gasteiger partial charge in [-0.15, -0.1) is 0 Å². The standard InChI is InChI=1S/C25H20N4O4/c1-27(14-17-13-26-29(15-17)19-6-3-2-4-7-19)23(30)18-9-10-21-22(12-18)25(32)28(24(21)31)16-20-8-5-11-33-20/h2-13,15H,14,16H2,1H3. The van der Waals surface area contributed by atoms with E-state index in [4.69, 9.17) is 4.42 Å². The van der Waals surface area contributed by atoms with Gasteiger partial charge in [-0.1, -0.05) is 18.2 Å². The molecule has 164 valence electrons. The van der Waals surface area contributed by atoms with Gasteiger partial charge in [0.25, 0.3) is 17.7 Å². The summed E-state index contributed by atoms with van der Waals surface area (Å²) in [6.45, 7) is 0.397. The summed E-state index contributed by atoms with van der Waals surface area (Å²) in [4.78, 5) is 41.2. The minimum absolute atomic E-state index is 0.0495. The quantitative estimate of drug-likeness (QED) is 0.428. The lowest BCUT2D eigenvalue weighted by Crippen LogP contribution is -2.29.